The first-order chi connectivity index (χ1) is 12.6. The summed E-state index contributed by atoms with van der Waals surface area (Å²) in [4.78, 5) is 26.1. The highest BCUT2D eigenvalue weighted by molar-refractivity contribution is 5.90. The largest absolute Gasteiger partial charge is 0.336 e. The fourth-order valence-electron chi connectivity index (χ4n) is 4.59. The third-order valence-electron chi connectivity index (χ3n) is 6.03. The first kappa shape index (κ1) is 20.2. The fraction of sp³-hybridized carbons (Fsp3) is 0.619. The highest BCUT2D eigenvalue weighted by atomic mass is 35.5. The van der Waals surface area contributed by atoms with E-state index in [1.807, 2.05) is 29.2 Å². The van der Waals surface area contributed by atoms with Gasteiger partial charge < -0.3 is 15.5 Å². The average Bonchev–Trinajstić information content (AvgIpc) is 3.38. The first-order valence-electron chi connectivity index (χ1n) is 9.99. The molecule has 5 nitrogen and oxygen atoms in total. The number of rotatable bonds is 6. The van der Waals surface area contributed by atoms with Gasteiger partial charge >= 0.3 is 0 Å². The molecule has 0 aromatic heterocycles. The van der Waals surface area contributed by atoms with Crippen LogP contribution >= 0.6 is 12.4 Å². The molecule has 2 heterocycles. The molecular formula is C21H30ClN3O2. The number of amides is 2. The molecule has 3 aliphatic rings. The number of carbonyl (C=O) groups excluding carboxylic acids is 2. The normalized spacial score (nSPS) is 26.2. The lowest BCUT2D eigenvalue weighted by molar-refractivity contribution is -0.130. The molecule has 1 aliphatic carbocycles. The fourth-order valence-corrected chi connectivity index (χ4v) is 4.59. The maximum absolute atomic E-state index is 12.4. The molecule has 6 heteroatoms. The lowest BCUT2D eigenvalue weighted by atomic mass is 9.89. The quantitative estimate of drug-likeness (QED) is 0.780. The lowest BCUT2D eigenvalue weighted by Gasteiger charge is -2.28. The van der Waals surface area contributed by atoms with Crippen molar-refractivity contribution in [3.8, 4) is 0 Å². The second-order valence-electron chi connectivity index (χ2n) is 8.30. The summed E-state index contributed by atoms with van der Waals surface area (Å²) in [6.07, 6.45) is 7.65. The molecule has 2 amide bonds. The zero-order valence-electron chi connectivity index (χ0n) is 15.9. The molecule has 1 saturated carbocycles. The van der Waals surface area contributed by atoms with Crippen molar-refractivity contribution in [2.75, 3.05) is 5.32 Å². The van der Waals surface area contributed by atoms with Crippen molar-refractivity contribution in [2.24, 2.45) is 5.92 Å². The number of benzene rings is 1. The summed E-state index contributed by atoms with van der Waals surface area (Å²) in [6.45, 7) is 2.30. The maximum atomic E-state index is 12.4. The molecule has 0 spiro atoms. The monoisotopic (exact) mass is 391 g/mol. The minimum atomic E-state index is 0. The molecule has 1 aromatic rings. The van der Waals surface area contributed by atoms with E-state index in [9.17, 15) is 9.59 Å². The summed E-state index contributed by atoms with van der Waals surface area (Å²) in [5.74, 6) is 0.768. The number of halogens is 1. The summed E-state index contributed by atoms with van der Waals surface area (Å²) in [5.41, 5.74) is 1.96. The Kier molecular flexibility index (Phi) is 6.43. The van der Waals surface area contributed by atoms with Crippen LogP contribution in [0.25, 0.3) is 0 Å². The molecule has 3 fully saturated rings. The molecule has 2 N–H and O–H groups in total. The smallest absolute Gasteiger partial charge is 0.224 e. The molecule has 2 unspecified atom stereocenters. The Morgan fingerprint density at radius 1 is 1.07 bits per heavy atom. The summed E-state index contributed by atoms with van der Waals surface area (Å²) >= 11 is 0. The minimum absolute atomic E-state index is 0. The van der Waals surface area contributed by atoms with Gasteiger partial charge in [-0.25, -0.2) is 0 Å². The van der Waals surface area contributed by atoms with E-state index in [1.165, 1.54) is 12.8 Å². The van der Waals surface area contributed by atoms with Gasteiger partial charge in [-0.2, -0.15) is 0 Å². The van der Waals surface area contributed by atoms with E-state index in [1.54, 1.807) is 6.92 Å². The van der Waals surface area contributed by atoms with Gasteiger partial charge in [0.1, 0.15) is 0 Å². The van der Waals surface area contributed by atoms with Crippen molar-refractivity contribution in [1.29, 1.82) is 0 Å². The van der Waals surface area contributed by atoms with E-state index in [-0.39, 0.29) is 24.2 Å². The number of piperidine rings is 1. The Morgan fingerprint density at radius 3 is 2.26 bits per heavy atom. The third kappa shape index (κ3) is 5.23. The SMILES string of the molecule is CC(=O)N(Cc1ccc(NC(=O)CC2CC3CCC(C2)N3)cc1)C1CC1.Cl. The van der Waals surface area contributed by atoms with Crippen LogP contribution in [0.3, 0.4) is 0 Å². The van der Waals surface area contributed by atoms with E-state index in [2.05, 4.69) is 10.6 Å². The topological polar surface area (TPSA) is 61.4 Å². The third-order valence-corrected chi connectivity index (χ3v) is 6.03. The van der Waals surface area contributed by atoms with Gasteiger partial charge in [0, 0.05) is 43.7 Å². The van der Waals surface area contributed by atoms with Crippen molar-refractivity contribution in [1.82, 2.24) is 10.2 Å². The van der Waals surface area contributed by atoms with E-state index < -0.39 is 0 Å². The zero-order chi connectivity index (χ0) is 18.1. The van der Waals surface area contributed by atoms with Gasteiger partial charge in [-0.3, -0.25) is 9.59 Å². The average molecular weight is 392 g/mol. The van der Waals surface area contributed by atoms with E-state index in [0.717, 1.165) is 36.9 Å². The molecule has 2 bridgehead atoms. The second kappa shape index (κ2) is 8.61. The zero-order valence-corrected chi connectivity index (χ0v) is 16.8. The molecule has 2 saturated heterocycles. The number of hydrogen-bond donors (Lipinski definition) is 2. The van der Waals surface area contributed by atoms with Gasteiger partial charge in [0.15, 0.2) is 0 Å². The molecule has 4 rings (SSSR count). The van der Waals surface area contributed by atoms with Crippen molar-refractivity contribution in [3.63, 3.8) is 0 Å². The van der Waals surface area contributed by atoms with Crippen LogP contribution in [0.15, 0.2) is 24.3 Å². The number of nitrogens with one attached hydrogen (secondary N) is 2. The van der Waals surface area contributed by atoms with Gasteiger partial charge in [-0.05, 0) is 62.1 Å². The van der Waals surface area contributed by atoms with Gasteiger partial charge in [0.05, 0.1) is 0 Å². The molecule has 1 aromatic carbocycles. The van der Waals surface area contributed by atoms with E-state index in [4.69, 9.17) is 0 Å². The Balaban J connectivity index is 0.00000210. The van der Waals surface area contributed by atoms with Crippen molar-refractivity contribution in [2.45, 2.75) is 76.5 Å². The van der Waals surface area contributed by atoms with Crippen LogP contribution in [0.2, 0.25) is 0 Å². The summed E-state index contributed by atoms with van der Waals surface area (Å²) in [7, 11) is 0. The van der Waals surface area contributed by atoms with Crippen molar-refractivity contribution >= 4 is 29.9 Å². The number of hydrogen-bond acceptors (Lipinski definition) is 3. The summed E-state index contributed by atoms with van der Waals surface area (Å²) in [6, 6.07) is 9.60. The molecular weight excluding hydrogens is 362 g/mol. The van der Waals surface area contributed by atoms with Crippen molar-refractivity contribution in [3.05, 3.63) is 29.8 Å². The van der Waals surface area contributed by atoms with Crippen LogP contribution in [-0.2, 0) is 16.1 Å². The summed E-state index contributed by atoms with van der Waals surface area (Å²) < 4.78 is 0. The van der Waals surface area contributed by atoms with Crippen LogP contribution in [0.1, 0.15) is 57.4 Å². The van der Waals surface area contributed by atoms with Gasteiger partial charge in [-0.15, -0.1) is 12.4 Å². The molecule has 0 radical (unpaired) electrons. The van der Waals surface area contributed by atoms with E-state index in [0.29, 0.717) is 37.0 Å². The standard InChI is InChI=1S/C21H29N3O2.ClH/c1-14(25)24(20-8-9-20)13-15-2-4-17(5-3-15)23-21(26)12-16-10-18-6-7-19(11-16)22-18;/h2-5,16,18-20,22H,6-13H2,1H3,(H,23,26);1H. The second-order valence-corrected chi connectivity index (χ2v) is 8.30. The Labute approximate surface area is 167 Å². The van der Waals surface area contributed by atoms with Gasteiger partial charge in [0.25, 0.3) is 0 Å². The van der Waals surface area contributed by atoms with Gasteiger partial charge in [0.2, 0.25) is 11.8 Å². The van der Waals surface area contributed by atoms with Crippen LogP contribution in [0.4, 0.5) is 5.69 Å². The Morgan fingerprint density at radius 2 is 1.70 bits per heavy atom. The summed E-state index contributed by atoms with van der Waals surface area (Å²) in [5, 5.41) is 6.66. The highest BCUT2D eigenvalue weighted by Gasteiger charge is 2.34. The molecule has 27 heavy (non-hydrogen) atoms. The number of fused-ring (bicyclic) bond motifs is 2. The van der Waals surface area contributed by atoms with Crippen LogP contribution in [-0.4, -0.2) is 34.8 Å². The molecule has 2 atom stereocenters. The lowest BCUT2D eigenvalue weighted by Crippen LogP contribution is -2.39. The van der Waals surface area contributed by atoms with Crippen LogP contribution in [0, 0.1) is 5.92 Å². The van der Waals surface area contributed by atoms with Crippen LogP contribution < -0.4 is 10.6 Å². The molecule has 148 valence electrons. The maximum Gasteiger partial charge on any atom is 0.224 e. The number of nitrogens with zero attached hydrogens (tertiary/aromatic N) is 1. The number of carbonyl (C=O) groups is 2. The number of anilines is 1. The molecule has 2 aliphatic heterocycles. The van der Waals surface area contributed by atoms with Crippen molar-refractivity contribution < 1.29 is 9.59 Å². The highest BCUT2D eigenvalue weighted by Crippen LogP contribution is 2.33. The van der Waals surface area contributed by atoms with Crippen LogP contribution in [0.5, 0.6) is 0 Å². The predicted octanol–water partition coefficient (Wildman–Crippen LogP) is 3.48. The first-order valence-corrected chi connectivity index (χ1v) is 9.99. The Hall–Kier alpha value is -1.59. The van der Waals surface area contributed by atoms with E-state index >= 15 is 0 Å². The minimum Gasteiger partial charge on any atom is -0.336 e. The predicted molar refractivity (Wildman–Crippen MR) is 109 cm³/mol. The van der Waals surface area contributed by atoms with Gasteiger partial charge in [-0.1, -0.05) is 12.1 Å². The Bertz CT molecular complexity index is 663.